The summed E-state index contributed by atoms with van der Waals surface area (Å²) in [5, 5.41) is 0.467. The fourth-order valence-corrected chi connectivity index (χ4v) is 2.98. The maximum absolute atomic E-state index is 11.5. The number of carbonyl (C=O) groups excluding carboxylic acids is 1. The lowest BCUT2D eigenvalue weighted by molar-refractivity contribution is 0.0947. The number of rotatable bonds is 11. The monoisotopic (exact) mass is 326 g/mol. The number of amides is 1. The number of nitrogens with two attached hydrogens (primary N) is 1. The van der Waals surface area contributed by atoms with Crippen LogP contribution in [0.25, 0.3) is 0 Å². The van der Waals surface area contributed by atoms with E-state index in [2.05, 4.69) is 16.9 Å². The quantitative estimate of drug-likeness (QED) is 0.145. The van der Waals surface area contributed by atoms with Gasteiger partial charge in [0, 0.05) is 11.8 Å². The first-order valence-corrected chi connectivity index (χ1v) is 8.91. The Morgan fingerprint density at radius 2 is 1.86 bits per heavy atom. The molecule has 0 radical (unpaired) electrons. The summed E-state index contributed by atoms with van der Waals surface area (Å²) >= 11 is 1.46. The van der Waals surface area contributed by atoms with E-state index in [1.807, 2.05) is 5.43 Å². The molecule has 0 aromatic carbocycles. The molecular weight excluding hydrogens is 300 g/mol. The summed E-state index contributed by atoms with van der Waals surface area (Å²) < 4.78 is 0. The number of nitrogen functional groups attached to an aromatic ring is 1. The van der Waals surface area contributed by atoms with E-state index in [9.17, 15) is 9.59 Å². The summed E-state index contributed by atoms with van der Waals surface area (Å²) in [6, 6.07) is 1.14. The highest BCUT2D eigenvalue weighted by Crippen LogP contribution is 2.15. The molecular formula is C15H26N4O2S. The molecule has 7 heteroatoms. The highest BCUT2D eigenvalue weighted by atomic mass is 32.2. The number of carbonyl (C=O) groups is 1. The van der Waals surface area contributed by atoms with Crippen LogP contribution in [0.1, 0.15) is 68.8 Å². The Morgan fingerprint density at radius 1 is 1.23 bits per heavy atom. The van der Waals surface area contributed by atoms with Gasteiger partial charge in [-0.05, 0) is 6.42 Å². The van der Waals surface area contributed by atoms with Crippen LogP contribution in [0.2, 0.25) is 0 Å². The third kappa shape index (κ3) is 7.61. The summed E-state index contributed by atoms with van der Waals surface area (Å²) in [6.07, 6.45) is 10.1. The number of hydrazine groups is 1. The topological polar surface area (TPSA) is 101 Å². The lowest BCUT2D eigenvalue weighted by Gasteiger charge is -2.04. The van der Waals surface area contributed by atoms with Crippen molar-refractivity contribution < 1.29 is 4.79 Å². The van der Waals surface area contributed by atoms with E-state index < -0.39 is 5.91 Å². The summed E-state index contributed by atoms with van der Waals surface area (Å²) in [7, 11) is 0. The van der Waals surface area contributed by atoms with E-state index in [0.29, 0.717) is 5.16 Å². The number of aromatic nitrogens is 2. The number of thioether (sulfide) groups is 1. The Kier molecular flexibility index (Phi) is 9.57. The second kappa shape index (κ2) is 11.3. The van der Waals surface area contributed by atoms with Crippen molar-refractivity contribution in [3.05, 3.63) is 22.1 Å². The minimum atomic E-state index is -0.556. The molecule has 0 spiro atoms. The van der Waals surface area contributed by atoms with E-state index in [1.54, 1.807) is 0 Å². The number of nitrogens with zero attached hydrogens (tertiary/aromatic N) is 1. The average molecular weight is 326 g/mol. The Morgan fingerprint density at radius 3 is 2.50 bits per heavy atom. The first-order chi connectivity index (χ1) is 10.7. The smallest absolute Gasteiger partial charge is 0.284 e. The molecule has 0 bridgehead atoms. The molecule has 22 heavy (non-hydrogen) atoms. The Balaban J connectivity index is 2.23. The number of unbranched alkanes of at least 4 members (excludes halogenated alkanes) is 7. The van der Waals surface area contributed by atoms with Gasteiger partial charge >= 0.3 is 0 Å². The lowest BCUT2D eigenvalue weighted by Crippen LogP contribution is -2.32. The molecule has 0 aliphatic carbocycles. The molecule has 0 atom stereocenters. The van der Waals surface area contributed by atoms with Gasteiger partial charge in [0.05, 0.1) is 0 Å². The van der Waals surface area contributed by atoms with Gasteiger partial charge in [-0.1, -0.05) is 63.6 Å². The minimum Gasteiger partial charge on any atom is -0.301 e. The Labute approximate surface area is 135 Å². The standard InChI is InChI=1S/C15H26N4O2S/c1-2-3-4-5-6-7-8-9-10-22-15-17-12(14(21)19-16)11-13(20)18-15/h11H,2-10,16H2,1H3,(H,19,21)(H,17,18,20). The van der Waals surface area contributed by atoms with Crippen molar-refractivity contribution in [1.82, 2.24) is 15.4 Å². The zero-order valence-corrected chi connectivity index (χ0v) is 14.0. The molecule has 6 nitrogen and oxygen atoms in total. The van der Waals surface area contributed by atoms with Gasteiger partial charge in [0.2, 0.25) is 0 Å². The van der Waals surface area contributed by atoms with Crippen LogP contribution in [-0.4, -0.2) is 21.6 Å². The molecule has 0 unspecified atom stereocenters. The van der Waals surface area contributed by atoms with Crippen LogP contribution >= 0.6 is 11.8 Å². The van der Waals surface area contributed by atoms with Gasteiger partial charge in [0.15, 0.2) is 5.16 Å². The fraction of sp³-hybridized carbons (Fsp3) is 0.667. The van der Waals surface area contributed by atoms with Crippen LogP contribution in [0, 0.1) is 0 Å². The molecule has 1 aromatic heterocycles. The minimum absolute atomic E-state index is 0.0460. The normalized spacial score (nSPS) is 10.6. The van der Waals surface area contributed by atoms with Crippen LogP contribution in [0.4, 0.5) is 0 Å². The number of hydrogen-bond donors (Lipinski definition) is 3. The van der Waals surface area contributed by atoms with Gasteiger partial charge in [-0.15, -0.1) is 0 Å². The van der Waals surface area contributed by atoms with Crippen molar-refractivity contribution in [3.8, 4) is 0 Å². The van der Waals surface area contributed by atoms with Gasteiger partial charge in [0.25, 0.3) is 11.5 Å². The zero-order chi connectivity index (χ0) is 16.2. The van der Waals surface area contributed by atoms with E-state index in [4.69, 9.17) is 5.84 Å². The maximum atomic E-state index is 11.5. The molecule has 1 heterocycles. The highest BCUT2D eigenvalue weighted by molar-refractivity contribution is 7.99. The predicted octanol–water partition coefficient (Wildman–Crippen LogP) is 2.61. The van der Waals surface area contributed by atoms with Gasteiger partial charge in [-0.2, -0.15) is 0 Å². The molecule has 1 amide bonds. The highest BCUT2D eigenvalue weighted by Gasteiger charge is 2.08. The molecule has 0 saturated heterocycles. The molecule has 124 valence electrons. The van der Waals surface area contributed by atoms with Gasteiger partial charge in [-0.3, -0.25) is 15.0 Å². The SMILES string of the molecule is CCCCCCCCCCSc1nc(C(=O)NN)cc(=O)[nH]1. The average Bonchev–Trinajstić information content (AvgIpc) is 2.52. The van der Waals surface area contributed by atoms with Crippen molar-refractivity contribution in [2.45, 2.75) is 63.4 Å². The molecule has 0 aliphatic heterocycles. The summed E-state index contributed by atoms with van der Waals surface area (Å²) in [5.74, 6) is 5.37. The van der Waals surface area contributed by atoms with Crippen molar-refractivity contribution in [3.63, 3.8) is 0 Å². The van der Waals surface area contributed by atoms with Gasteiger partial charge in [0.1, 0.15) is 5.69 Å². The predicted molar refractivity (Wildman–Crippen MR) is 89.8 cm³/mol. The van der Waals surface area contributed by atoms with Crippen molar-refractivity contribution in [2.75, 3.05) is 5.75 Å². The molecule has 4 N–H and O–H groups in total. The fourth-order valence-electron chi connectivity index (χ4n) is 2.10. The third-order valence-electron chi connectivity index (χ3n) is 3.32. The molecule has 1 rings (SSSR count). The van der Waals surface area contributed by atoms with E-state index in [0.717, 1.165) is 18.2 Å². The van der Waals surface area contributed by atoms with Crippen molar-refractivity contribution in [2.24, 2.45) is 5.84 Å². The maximum Gasteiger partial charge on any atom is 0.284 e. The zero-order valence-electron chi connectivity index (χ0n) is 13.2. The second-order valence-electron chi connectivity index (χ2n) is 5.23. The van der Waals surface area contributed by atoms with Crippen LogP contribution in [0.5, 0.6) is 0 Å². The molecule has 0 saturated carbocycles. The van der Waals surface area contributed by atoms with E-state index in [-0.39, 0.29) is 11.3 Å². The number of hydrogen-bond acceptors (Lipinski definition) is 5. The van der Waals surface area contributed by atoms with Crippen LogP contribution < -0.4 is 16.8 Å². The third-order valence-corrected chi connectivity index (χ3v) is 4.28. The first-order valence-electron chi connectivity index (χ1n) is 7.92. The van der Waals surface area contributed by atoms with Crippen molar-refractivity contribution >= 4 is 17.7 Å². The molecule has 1 aromatic rings. The first kappa shape index (κ1) is 18.7. The summed E-state index contributed by atoms with van der Waals surface area (Å²) in [5.41, 5.74) is 1.68. The summed E-state index contributed by atoms with van der Waals surface area (Å²) in [6.45, 7) is 2.22. The second-order valence-corrected chi connectivity index (χ2v) is 6.32. The van der Waals surface area contributed by atoms with E-state index >= 15 is 0 Å². The van der Waals surface area contributed by atoms with Gasteiger partial charge < -0.3 is 4.98 Å². The number of nitrogens with one attached hydrogen (secondary N) is 2. The number of H-pyrrole nitrogens is 1. The van der Waals surface area contributed by atoms with Crippen LogP contribution in [0.3, 0.4) is 0 Å². The van der Waals surface area contributed by atoms with Crippen molar-refractivity contribution in [1.29, 1.82) is 0 Å². The van der Waals surface area contributed by atoms with E-state index in [1.165, 1.54) is 56.7 Å². The van der Waals surface area contributed by atoms with Crippen LogP contribution in [-0.2, 0) is 0 Å². The number of aromatic amines is 1. The lowest BCUT2D eigenvalue weighted by atomic mass is 10.1. The summed E-state index contributed by atoms with van der Waals surface area (Å²) in [4.78, 5) is 29.6. The Hall–Kier alpha value is -1.34. The van der Waals surface area contributed by atoms with Crippen LogP contribution in [0.15, 0.2) is 16.0 Å². The Bertz CT molecular complexity index is 505. The molecule has 0 fully saturated rings. The largest absolute Gasteiger partial charge is 0.301 e. The molecule has 0 aliphatic rings. The van der Waals surface area contributed by atoms with Gasteiger partial charge in [-0.25, -0.2) is 10.8 Å².